The van der Waals surface area contributed by atoms with Crippen molar-refractivity contribution in [3.8, 4) is 11.5 Å². The number of hydrogen-bond donors (Lipinski definition) is 1. The fraction of sp³-hybridized carbons (Fsp3) is 0.0714. The predicted octanol–water partition coefficient (Wildman–Crippen LogP) is 4.95. The fourth-order valence-corrected chi connectivity index (χ4v) is 2.47. The maximum absolute atomic E-state index is 5.89. The van der Waals surface area contributed by atoms with Gasteiger partial charge in [0.15, 0.2) is 0 Å². The molecule has 0 aromatic heterocycles. The van der Waals surface area contributed by atoms with Gasteiger partial charge in [-0.2, -0.15) is 0 Å². The molecule has 0 fully saturated rings. The molecule has 0 aliphatic rings. The number of thiocarbonyl (C=S) groups is 1. The minimum atomic E-state index is 0.367. The molecule has 0 aliphatic heterocycles. The Hall–Kier alpha value is -0.910. The van der Waals surface area contributed by atoms with Crippen molar-refractivity contribution in [1.82, 2.24) is 0 Å². The van der Waals surface area contributed by atoms with E-state index >= 15 is 0 Å². The van der Waals surface area contributed by atoms with Crippen molar-refractivity contribution >= 4 is 49.1 Å². The SMILES string of the molecule is Cc1ccc(Br)cc1Oc1ccc(C(N)=S)cc1Br. The van der Waals surface area contributed by atoms with Gasteiger partial charge in [0, 0.05) is 10.0 Å². The number of ether oxygens (including phenoxy) is 1. The zero-order chi connectivity index (χ0) is 14.0. The van der Waals surface area contributed by atoms with Gasteiger partial charge in [0.25, 0.3) is 0 Å². The largest absolute Gasteiger partial charge is 0.456 e. The third kappa shape index (κ3) is 3.55. The molecule has 0 unspecified atom stereocenters. The van der Waals surface area contributed by atoms with Crippen LogP contribution < -0.4 is 10.5 Å². The van der Waals surface area contributed by atoms with Gasteiger partial charge < -0.3 is 10.5 Å². The molecular weight excluding hydrogens is 390 g/mol. The number of benzene rings is 2. The number of rotatable bonds is 3. The molecule has 0 spiro atoms. The molecule has 0 aliphatic carbocycles. The Bertz CT molecular complexity index is 643. The van der Waals surface area contributed by atoms with Crippen LogP contribution >= 0.6 is 44.1 Å². The lowest BCUT2D eigenvalue weighted by atomic mass is 10.2. The van der Waals surface area contributed by atoms with Gasteiger partial charge in [-0.3, -0.25) is 0 Å². The Labute approximate surface area is 134 Å². The smallest absolute Gasteiger partial charge is 0.141 e. The Morgan fingerprint density at radius 1 is 1.11 bits per heavy atom. The molecule has 2 rings (SSSR count). The van der Waals surface area contributed by atoms with Gasteiger partial charge in [-0.15, -0.1) is 0 Å². The maximum atomic E-state index is 5.89. The molecule has 0 saturated heterocycles. The van der Waals surface area contributed by atoms with E-state index < -0.39 is 0 Å². The third-order valence-electron chi connectivity index (χ3n) is 2.59. The predicted molar refractivity (Wildman–Crippen MR) is 89.0 cm³/mol. The number of hydrogen-bond acceptors (Lipinski definition) is 2. The summed E-state index contributed by atoms with van der Waals surface area (Å²) in [4.78, 5) is 0.367. The first-order valence-corrected chi connectivity index (χ1v) is 7.50. The standard InChI is InChI=1S/C14H11Br2NOS/c1-8-2-4-10(15)7-13(8)18-12-5-3-9(14(17)19)6-11(12)16/h2-7H,1H3,(H2,17,19). The summed E-state index contributed by atoms with van der Waals surface area (Å²) in [5.41, 5.74) is 7.46. The second kappa shape index (κ2) is 6.03. The van der Waals surface area contributed by atoms with Crippen molar-refractivity contribution in [3.05, 3.63) is 56.5 Å². The second-order valence-electron chi connectivity index (χ2n) is 4.02. The average Bonchev–Trinajstić information content (AvgIpc) is 2.36. The van der Waals surface area contributed by atoms with Crippen LogP contribution in [0.15, 0.2) is 45.3 Å². The van der Waals surface area contributed by atoms with E-state index in [2.05, 4.69) is 31.9 Å². The normalized spacial score (nSPS) is 10.3. The zero-order valence-corrected chi connectivity index (χ0v) is 14.1. The zero-order valence-electron chi connectivity index (χ0n) is 10.1. The lowest BCUT2D eigenvalue weighted by molar-refractivity contribution is 0.475. The molecule has 2 nitrogen and oxygen atoms in total. The first kappa shape index (κ1) is 14.5. The molecule has 2 aromatic carbocycles. The molecule has 19 heavy (non-hydrogen) atoms. The Balaban J connectivity index is 2.33. The maximum Gasteiger partial charge on any atom is 0.141 e. The summed E-state index contributed by atoms with van der Waals surface area (Å²) in [6.07, 6.45) is 0. The van der Waals surface area contributed by atoms with Gasteiger partial charge in [-0.25, -0.2) is 0 Å². The molecule has 98 valence electrons. The summed E-state index contributed by atoms with van der Waals surface area (Å²) < 4.78 is 7.69. The number of aryl methyl sites for hydroxylation is 1. The lowest BCUT2D eigenvalue weighted by Crippen LogP contribution is -2.09. The van der Waals surface area contributed by atoms with E-state index in [0.29, 0.717) is 4.99 Å². The molecule has 2 aromatic rings. The van der Waals surface area contributed by atoms with Gasteiger partial charge in [-0.1, -0.05) is 34.2 Å². The monoisotopic (exact) mass is 399 g/mol. The van der Waals surface area contributed by atoms with Crippen LogP contribution in [0.1, 0.15) is 11.1 Å². The topological polar surface area (TPSA) is 35.2 Å². The van der Waals surface area contributed by atoms with E-state index in [1.807, 2.05) is 43.3 Å². The van der Waals surface area contributed by atoms with E-state index in [0.717, 1.165) is 31.6 Å². The van der Waals surface area contributed by atoms with Gasteiger partial charge in [-0.05, 0) is 58.7 Å². The highest BCUT2D eigenvalue weighted by Gasteiger charge is 2.07. The summed E-state index contributed by atoms with van der Waals surface area (Å²) in [5.74, 6) is 1.53. The van der Waals surface area contributed by atoms with Crippen molar-refractivity contribution in [2.45, 2.75) is 6.92 Å². The molecule has 0 atom stereocenters. The van der Waals surface area contributed by atoms with Crippen molar-refractivity contribution in [2.24, 2.45) is 5.73 Å². The molecule has 5 heteroatoms. The highest BCUT2D eigenvalue weighted by atomic mass is 79.9. The third-order valence-corrected chi connectivity index (χ3v) is 3.94. The fourth-order valence-electron chi connectivity index (χ4n) is 1.54. The van der Waals surface area contributed by atoms with Crippen molar-refractivity contribution in [2.75, 3.05) is 0 Å². The Morgan fingerprint density at radius 3 is 2.47 bits per heavy atom. The number of nitrogens with two attached hydrogens (primary N) is 1. The summed E-state index contributed by atoms with van der Waals surface area (Å²) in [6.45, 7) is 2.00. The van der Waals surface area contributed by atoms with Crippen molar-refractivity contribution in [1.29, 1.82) is 0 Å². The quantitative estimate of drug-likeness (QED) is 0.740. The van der Waals surface area contributed by atoms with E-state index in [9.17, 15) is 0 Å². The van der Waals surface area contributed by atoms with Crippen molar-refractivity contribution < 1.29 is 4.74 Å². The van der Waals surface area contributed by atoms with Crippen LogP contribution in [0.25, 0.3) is 0 Å². The van der Waals surface area contributed by atoms with E-state index in [-0.39, 0.29) is 0 Å². The van der Waals surface area contributed by atoms with Gasteiger partial charge >= 0.3 is 0 Å². The molecule has 0 saturated carbocycles. The second-order valence-corrected chi connectivity index (χ2v) is 6.23. The highest BCUT2D eigenvalue weighted by Crippen LogP contribution is 2.33. The lowest BCUT2D eigenvalue weighted by Gasteiger charge is -2.11. The minimum Gasteiger partial charge on any atom is -0.456 e. The van der Waals surface area contributed by atoms with Crippen molar-refractivity contribution in [3.63, 3.8) is 0 Å². The van der Waals surface area contributed by atoms with Crippen LogP contribution in [0.4, 0.5) is 0 Å². The average molecular weight is 401 g/mol. The van der Waals surface area contributed by atoms with Gasteiger partial charge in [0.1, 0.15) is 16.5 Å². The van der Waals surface area contributed by atoms with Crippen LogP contribution in [-0.4, -0.2) is 4.99 Å². The summed E-state index contributed by atoms with van der Waals surface area (Å²) >= 11 is 11.8. The first-order chi connectivity index (χ1) is 8.97. The van der Waals surface area contributed by atoms with E-state index in [4.69, 9.17) is 22.7 Å². The molecule has 2 N–H and O–H groups in total. The van der Waals surface area contributed by atoms with Crippen LogP contribution in [0.5, 0.6) is 11.5 Å². The summed E-state index contributed by atoms with van der Waals surface area (Å²) in [5, 5.41) is 0. The Kier molecular flexibility index (Phi) is 4.60. The highest BCUT2D eigenvalue weighted by molar-refractivity contribution is 9.10. The Morgan fingerprint density at radius 2 is 1.84 bits per heavy atom. The molecule has 0 bridgehead atoms. The van der Waals surface area contributed by atoms with Crippen LogP contribution in [0.3, 0.4) is 0 Å². The first-order valence-electron chi connectivity index (χ1n) is 5.51. The summed E-state index contributed by atoms with van der Waals surface area (Å²) in [7, 11) is 0. The van der Waals surface area contributed by atoms with Crippen LogP contribution in [0, 0.1) is 6.92 Å². The minimum absolute atomic E-state index is 0.367. The molecule has 0 heterocycles. The summed E-state index contributed by atoms with van der Waals surface area (Å²) in [6, 6.07) is 11.5. The molecule has 0 radical (unpaired) electrons. The molecule has 0 amide bonds. The van der Waals surface area contributed by atoms with Crippen LogP contribution in [-0.2, 0) is 0 Å². The van der Waals surface area contributed by atoms with E-state index in [1.54, 1.807) is 0 Å². The number of halogens is 2. The molecular formula is C14H11Br2NOS. The van der Waals surface area contributed by atoms with Crippen LogP contribution in [0.2, 0.25) is 0 Å². The van der Waals surface area contributed by atoms with Gasteiger partial charge in [0.05, 0.1) is 4.47 Å². The van der Waals surface area contributed by atoms with Gasteiger partial charge in [0.2, 0.25) is 0 Å². The van der Waals surface area contributed by atoms with E-state index in [1.165, 1.54) is 0 Å².